The molecule has 3 amide bonds. The maximum atomic E-state index is 12.4. The number of hydrogen-bond donors (Lipinski definition) is 10. The Bertz CT molecular complexity index is 2620. The number of hydrogen-bond acceptors (Lipinski definition) is 19. The van der Waals surface area contributed by atoms with E-state index in [4.69, 9.17) is 20.1 Å². The maximum absolute atomic E-state index is 12.4. The molecule has 0 spiro atoms. The van der Waals surface area contributed by atoms with Crippen LogP contribution in [0.25, 0.3) is 0 Å². The monoisotopic (exact) mass is 1280 g/mol. The van der Waals surface area contributed by atoms with Crippen molar-refractivity contribution < 1.29 is 78.9 Å². The summed E-state index contributed by atoms with van der Waals surface area (Å²) in [7, 11) is 1.95. The quantitative estimate of drug-likeness (QED) is 0.0430. The first-order valence-electron chi connectivity index (χ1n) is 32.4. The Balaban J connectivity index is 1.06. The van der Waals surface area contributed by atoms with E-state index in [2.05, 4.69) is 59.8 Å². The van der Waals surface area contributed by atoms with Gasteiger partial charge in [0.2, 0.25) is 17.8 Å². The van der Waals surface area contributed by atoms with Gasteiger partial charge < -0.3 is 66.4 Å². The van der Waals surface area contributed by atoms with Gasteiger partial charge in [0, 0.05) is 123 Å². The number of amides is 3. The third-order valence-electron chi connectivity index (χ3n) is 17.1. The molecule has 5 rings (SSSR count). The molecule has 3 aliphatic heterocycles. The molecule has 2 aromatic rings. The van der Waals surface area contributed by atoms with Crippen molar-refractivity contribution in [2.24, 2.45) is 5.92 Å². The number of likely N-dealkylation sites (N-methyl/N-ethyl adjacent to an activating group) is 1. The molecular weight excluding hydrogens is 1180 g/mol. The van der Waals surface area contributed by atoms with Crippen LogP contribution < -0.4 is 25.8 Å². The van der Waals surface area contributed by atoms with Crippen LogP contribution in [-0.2, 0) is 51.2 Å². The SMILES string of the molecule is CN1CCN(CC(=O)O)CCN(CC(=O)O)CCN(CC(=O)O)C(Cc2ccc(Cc3nc(N4CCC(CCCC(=O)O)CC4)nc(N4CCN(CCCCCCCCCCC(=O)NCCCC[C@H](NC(=O)N[C@@H](CCC(=O)O)C(=O)O)C(=O)O)CC4)n3)cc2)C1. The highest BCUT2D eigenvalue weighted by Gasteiger charge is 2.29. The van der Waals surface area contributed by atoms with Gasteiger partial charge in [-0.2, -0.15) is 15.0 Å². The third kappa shape index (κ3) is 30.1. The number of carbonyl (C=O) groups is 9. The van der Waals surface area contributed by atoms with Crippen LogP contribution in [0.4, 0.5) is 16.7 Å². The van der Waals surface area contributed by atoms with Crippen LogP contribution in [0.1, 0.15) is 139 Å². The molecule has 0 radical (unpaired) electrons. The van der Waals surface area contributed by atoms with E-state index in [9.17, 15) is 73.8 Å². The first-order chi connectivity index (χ1) is 43.6. The highest BCUT2D eigenvalue weighted by molar-refractivity contribution is 5.86. The topological polar surface area (TPSA) is 393 Å². The van der Waals surface area contributed by atoms with Gasteiger partial charge in [0.05, 0.1) is 19.6 Å². The number of piperazine rings is 1. The fourth-order valence-corrected chi connectivity index (χ4v) is 11.9. The van der Waals surface area contributed by atoms with E-state index in [-0.39, 0.29) is 50.8 Å². The first kappa shape index (κ1) is 74.4. The fourth-order valence-electron chi connectivity index (χ4n) is 11.9. The zero-order chi connectivity index (χ0) is 66.1. The van der Waals surface area contributed by atoms with Crippen LogP contribution in [0.15, 0.2) is 24.3 Å². The summed E-state index contributed by atoms with van der Waals surface area (Å²) in [6, 6.07) is 4.15. The van der Waals surface area contributed by atoms with Crippen LogP contribution in [0.5, 0.6) is 0 Å². The van der Waals surface area contributed by atoms with Crippen molar-refractivity contribution >= 4 is 65.6 Å². The van der Waals surface area contributed by atoms with Crippen molar-refractivity contribution in [2.75, 3.05) is 135 Å². The Morgan fingerprint density at radius 2 is 1.02 bits per heavy atom. The normalized spacial score (nSPS) is 17.9. The standard InChI is InChI=1S/C62H99N13O16/c1-69-29-30-71(42-55(81)82)31-32-72(43-56(83)84)35-38-75(44-57(85)86)48(41-69)39-46-17-19-47(20-18-46)40-51-66-60(73-27-23-45(24-28-73)13-12-16-53(77)78)68-61(67-51)74-36-33-70(34-37-74)26-11-7-5-3-2-4-6-8-15-52(76)63-25-10-9-14-49(58(87)88)64-62(91)65-50(59(89)90)21-22-54(79)80/h17-20,45,48-50H,2-16,21-44H2,1H3,(H,63,76)(H,77,78)(H,79,80)(H,81,82)(H,83,84)(H,85,86)(H,87,88)(H,89,90)(H2,64,65,91)/t48?,49-,50-/m0/s1. The number of carbonyl (C=O) groups excluding carboxylic acids is 2. The number of unbranched alkanes of at least 4 members (excludes halogenated alkanes) is 8. The van der Waals surface area contributed by atoms with E-state index in [1.807, 2.05) is 11.9 Å². The predicted molar refractivity (Wildman–Crippen MR) is 336 cm³/mol. The summed E-state index contributed by atoms with van der Waals surface area (Å²) in [5.41, 5.74) is 1.99. The molecule has 29 heteroatoms. The molecule has 4 heterocycles. The fraction of sp³-hybridized carbons (Fsp3) is 0.710. The van der Waals surface area contributed by atoms with Crippen LogP contribution in [0.3, 0.4) is 0 Å². The molecule has 3 saturated heterocycles. The van der Waals surface area contributed by atoms with Crippen molar-refractivity contribution in [3.05, 3.63) is 41.2 Å². The molecular formula is C62H99N13O16. The first-order valence-corrected chi connectivity index (χ1v) is 32.4. The van der Waals surface area contributed by atoms with Crippen molar-refractivity contribution in [1.82, 2.24) is 55.4 Å². The van der Waals surface area contributed by atoms with Crippen molar-refractivity contribution in [3.8, 4) is 0 Å². The molecule has 0 aliphatic carbocycles. The Morgan fingerprint density at radius 1 is 0.505 bits per heavy atom. The Labute approximate surface area is 532 Å². The van der Waals surface area contributed by atoms with Gasteiger partial charge in [0.1, 0.15) is 17.9 Å². The number of nitrogens with zero attached hydrogens (tertiary/aromatic N) is 10. The molecule has 3 fully saturated rings. The predicted octanol–water partition coefficient (Wildman–Crippen LogP) is 2.94. The molecule has 508 valence electrons. The Morgan fingerprint density at radius 3 is 1.59 bits per heavy atom. The lowest BCUT2D eigenvalue weighted by atomic mass is 9.92. The summed E-state index contributed by atoms with van der Waals surface area (Å²) in [6.07, 6.45) is 13.3. The van der Waals surface area contributed by atoms with Gasteiger partial charge in [-0.15, -0.1) is 0 Å². The lowest BCUT2D eigenvalue weighted by Gasteiger charge is -2.37. The lowest BCUT2D eigenvalue weighted by molar-refractivity contribution is -0.141. The van der Waals surface area contributed by atoms with E-state index in [0.717, 1.165) is 128 Å². The van der Waals surface area contributed by atoms with Crippen LogP contribution in [0.2, 0.25) is 0 Å². The summed E-state index contributed by atoms with van der Waals surface area (Å²) >= 11 is 0. The Kier molecular flexibility index (Phi) is 33.1. The lowest BCUT2D eigenvalue weighted by Crippen LogP contribution is -2.52. The summed E-state index contributed by atoms with van der Waals surface area (Å²) < 4.78 is 0. The number of rotatable bonds is 39. The Hall–Kier alpha value is -7.34. The number of nitrogens with one attached hydrogen (secondary N) is 3. The number of piperidine rings is 1. The minimum atomic E-state index is -1.49. The number of carboxylic acids is 7. The molecule has 0 bridgehead atoms. The summed E-state index contributed by atoms with van der Waals surface area (Å²) in [5.74, 6) is -5.42. The number of aromatic nitrogens is 3. The van der Waals surface area contributed by atoms with E-state index in [1.165, 1.54) is 0 Å². The molecule has 29 nitrogen and oxygen atoms in total. The van der Waals surface area contributed by atoms with Crippen LogP contribution in [0, 0.1) is 5.92 Å². The van der Waals surface area contributed by atoms with Crippen molar-refractivity contribution in [1.29, 1.82) is 0 Å². The summed E-state index contributed by atoms with van der Waals surface area (Å²) in [6.45, 7) is 8.28. The van der Waals surface area contributed by atoms with E-state index in [1.54, 1.807) is 9.80 Å². The molecule has 1 aromatic heterocycles. The van der Waals surface area contributed by atoms with Gasteiger partial charge in [-0.3, -0.25) is 48.4 Å². The molecule has 3 atom stereocenters. The van der Waals surface area contributed by atoms with E-state index < -0.39 is 66.3 Å². The second kappa shape index (κ2) is 40.5. The minimum Gasteiger partial charge on any atom is -0.481 e. The molecule has 10 N–H and O–H groups in total. The van der Waals surface area contributed by atoms with E-state index in [0.29, 0.717) is 115 Å². The highest BCUT2D eigenvalue weighted by Crippen LogP contribution is 2.27. The number of carboxylic acid groups (broad SMARTS) is 7. The highest BCUT2D eigenvalue weighted by atomic mass is 16.4. The smallest absolute Gasteiger partial charge is 0.326 e. The van der Waals surface area contributed by atoms with Crippen molar-refractivity contribution in [2.45, 2.75) is 153 Å². The van der Waals surface area contributed by atoms with Gasteiger partial charge in [0.15, 0.2) is 0 Å². The van der Waals surface area contributed by atoms with Crippen LogP contribution in [-0.4, -0.2) is 272 Å². The van der Waals surface area contributed by atoms with Gasteiger partial charge in [-0.25, -0.2) is 14.4 Å². The van der Waals surface area contributed by atoms with Crippen LogP contribution >= 0.6 is 0 Å². The second-order valence-corrected chi connectivity index (χ2v) is 24.5. The molecule has 3 aliphatic rings. The summed E-state index contributed by atoms with van der Waals surface area (Å²) in [5, 5.41) is 73.3. The summed E-state index contributed by atoms with van der Waals surface area (Å²) in [4.78, 5) is 135. The maximum Gasteiger partial charge on any atom is 0.326 e. The van der Waals surface area contributed by atoms with Gasteiger partial charge >= 0.3 is 47.8 Å². The number of aliphatic carboxylic acids is 7. The van der Waals surface area contributed by atoms with E-state index >= 15 is 0 Å². The third-order valence-corrected chi connectivity index (χ3v) is 17.1. The second-order valence-electron chi connectivity index (χ2n) is 24.5. The molecule has 91 heavy (non-hydrogen) atoms. The number of anilines is 2. The largest absolute Gasteiger partial charge is 0.481 e. The molecule has 1 unspecified atom stereocenters. The van der Waals surface area contributed by atoms with Gasteiger partial charge in [-0.1, -0.05) is 62.8 Å². The van der Waals surface area contributed by atoms with Crippen molar-refractivity contribution in [3.63, 3.8) is 0 Å². The average Bonchev–Trinajstić information content (AvgIpc) is 2.36. The minimum absolute atomic E-state index is 0.0506. The molecule has 1 aromatic carbocycles. The van der Waals surface area contributed by atoms with Gasteiger partial charge in [-0.05, 0) is 101 Å². The zero-order valence-electron chi connectivity index (χ0n) is 53.0. The number of benzene rings is 1. The zero-order valence-corrected chi connectivity index (χ0v) is 53.0. The molecule has 0 saturated carbocycles. The number of urea groups is 1. The average molecular weight is 1280 g/mol. The van der Waals surface area contributed by atoms with Gasteiger partial charge in [0.25, 0.3) is 0 Å².